The first-order valence-electron chi connectivity index (χ1n) is 5.37. The lowest BCUT2D eigenvalue weighted by Gasteiger charge is -2.21. The number of aryl methyl sites for hydroxylation is 2. The van der Waals surface area contributed by atoms with Gasteiger partial charge >= 0.3 is 0 Å². The summed E-state index contributed by atoms with van der Waals surface area (Å²) in [5.74, 6) is 0.846. The Kier molecular flexibility index (Phi) is 4.33. The first-order chi connectivity index (χ1) is 7.51. The third kappa shape index (κ3) is 2.54. The number of hydrogen-bond acceptors (Lipinski definition) is 3. The van der Waals surface area contributed by atoms with Crippen LogP contribution in [0.3, 0.4) is 0 Å². The number of aliphatic hydroxyl groups is 1. The number of benzene rings is 1. The molecule has 0 saturated carbocycles. The highest BCUT2D eigenvalue weighted by Crippen LogP contribution is 2.28. The van der Waals surface area contributed by atoms with E-state index in [9.17, 15) is 5.11 Å². The maximum atomic E-state index is 10.1. The number of rotatable bonds is 4. The zero-order chi connectivity index (χ0) is 12.3. The minimum atomic E-state index is -0.602. The molecule has 2 atom stereocenters. The van der Waals surface area contributed by atoms with Crippen LogP contribution in [0.25, 0.3) is 0 Å². The second-order valence-electron chi connectivity index (χ2n) is 4.06. The predicted octanol–water partition coefficient (Wildman–Crippen LogP) is 2.38. The zero-order valence-electron chi connectivity index (χ0n) is 10.6. The van der Waals surface area contributed by atoms with Crippen molar-refractivity contribution in [3.8, 4) is 5.75 Å². The van der Waals surface area contributed by atoms with E-state index >= 15 is 0 Å². The highest BCUT2D eigenvalue weighted by atomic mass is 16.5. The summed E-state index contributed by atoms with van der Waals surface area (Å²) in [7, 11) is 3.25. The van der Waals surface area contributed by atoms with E-state index in [1.165, 1.54) is 0 Å². The van der Waals surface area contributed by atoms with E-state index in [-0.39, 0.29) is 6.10 Å². The molecule has 0 amide bonds. The molecular weight excluding hydrogens is 204 g/mol. The normalized spacial score (nSPS) is 14.6. The van der Waals surface area contributed by atoms with Crippen LogP contribution in [0, 0.1) is 13.8 Å². The van der Waals surface area contributed by atoms with Crippen molar-refractivity contribution < 1.29 is 14.6 Å². The smallest absolute Gasteiger partial charge is 0.122 e. The highest BCUT2D eigenvalue weighted by Gasteiger charge is 2.18. The molecule has 16 heavy (non-hydrogen) atoms. The van der Waals surface area contributed by atoms with E-state index in [0.29, 0.717) is 0 Å². The van der Waals surface area contributed by atoms with E-state index < -0.39 is 6.10 Å². The summed E-state index contributed by atoms with van der Waals surface area (Å²) in [5.41, 5.74) is 2.93. The van der Waals surface area contributed by atoms with Gasteiger partial charge in [0.2, 0.25) is 0 Å². The van der Waals surface area contributed by atoms with Gasteiger partial charge in [-0.2, -0.15) is 0 Å². The summed E-state index contributed by atoms with van der Waals surface area (Å²) in [6.07, 6.45) is -0.818. The molecule has 3 heteroatoms. The van der Waals surface area contributed by atoms with Crippen molar-refractivity contribution in [2.75, 3.05) is 14.2 Å². The quantitative estimate of drug-likeness (QED) is 0.853. The van der Waals surface area contributed by atoms with E-state index in [1.807, 2.05) is 32.9 Å². The summed E-state index contributed by atoms with van der Waals surface area (Å²) in [5, 5.41) is 10.1. The fraction of sp³-hybridized carbons (Fsp3) is 0.538. The van der Waals surface area contributed by atoms with Crippen molar-refractivity contribution >= 4 is 0 Å². The van der Waals surface area contributed by atoms with E-state index in [2.05, 4.69) is 0 Å². The number of aliphatic hydroxyl groups excluding tert-OH is 1. The molecule has 1 aromatic carbocycles. The average Bonchev–Trinajstić information content (AvgIpc) is 2.29. The van der Waals surface area contributed by atoms with Gasteiger partial charge in [-0.3, -0.25) is 0 Å². The van der Waals surface area contributed by atoms with Gasteiger partial charge < -0.3 is 14.6 Å². The third-order valence-electron chi connectivity index (χ3n) is 2.92. The van der Waals surface area contributed by atoms with Gasteiger partial charge in [-0.15, -0.1) is 0 Å². The molecule has 90 valence electrons. The van der Waals surface area contributed by atoms with Crippen molar-refractivity contribution in [2.24, 2.45) is 0 Å². The monoisotopic (exact) mass is 224 g/mol. The average molecular weight is 224 g/mol. The van der Waals surface area contributed by atoms with Crippen LogP contribution in [0.5, 0.6) is 5.75 Å². The van der Waals surface area contributed by atoms with Crippen LogP contribution in [0.4, 0.5) is 0 Å². The molecule has 0 spiro atoms. The van der Waals surface area contributed by atoms with Gasteiger partial charge in [-0.25, -0.2) is 0 Å². The van der Waals surface area contributed by atoms with Crippen LogP contribution in [0.15, 0.2) is 12.1 Å². The SMILES string of the molecule is COc1cc(C)c(C(O)C(C)OC)cc1C. The molecule has 0 saturated heterocycles. The Morgan fingerprint density at radius 3 is 2.25 bits per heavy atom. The molecule has 0 heterocycles. The molecule has 0 bridgehead atoms. The van der Waals surface area contributed by atoms with Crippen LogP contribution >= 0.6 is 0 Å². The highest BCUT2D eigenvalue weighted by molar-refractivity contribution is 5.42. The maximum Gasteiger partial charge on any atom is 0.122 e. The fourth-order valence-corrected chi connectivity index (χ4v) is 1.73. The van der Waals surface area contributed by atoms with E-state index in [0.717, 1.165) is 22.4 Å². The maximum absolute atomic E-state index is 10.1. The van der Waals surface area contributed by atoms with Crippen LogP contribution in [-0.2, 0) is 4.74 Å². The minimum Gasteiger partial charge on any atom is -0.496 e. The van der Waals surface area contributed by atoms with Crippen molar-refractivity contribution in [3.05, 3.63) is 28.8 Å². The number of hydrogen-bond donors (Lipinski definition) is 1. The third-order valence-corrected chi connectivity index (χ3v) is 2.92. The fourth-order valence-electron chi connectivity index (χ4n) is 1.73. The Hall–Kier alpha value is -1.06. The molecule has 1 rings (SSSR count). The van der Waals surface area contributed by atoms with Gasteiger partial charge in [0.15, 0.2) is 0 Å². The lowest BCUT2D eigenvalue weighted by molar-refractivity contribution is -0.00177. The molecule has 3 nitrogen and oxygen atoms in total. The second-order valence-corrected chi connectivity index (χ2v) is 4.06. The van der Waals surface area contributed by atoms with Gasteiger partial charge in [-0.1, -0.05) is 0 Å². The van der Waals surface area contributed by atoms with Crippen LogP contribution in [0.2, 0.25) is 0 Å². The first kappa shape index (κ1) is 13.0. The Labute approximate surface area is 97.0 Å². The summed E-state index contributed by atoms with van der Waals surface area (Å²) < 4.78 is 10.4. The molecular formula is C13H20O3. The molecule has 0 aromatic heterocycles. The van der Waals surface area contributed by atoms with Gasteiger partial charge in [0.1, 0.15) is 11.9 Å². The summed E-state index contributed by atoms with van der Waals surface area (Å²) in [4.78, 5) is 0. The predicted molar refractivity (Wildman–Crippen MR) is 63.9 cm³/mol. The van der Waals surface area contributed by atoms with Crippen LogP contribution < -0.4 is 4.74 Å². The van der Waals surface area contributed by atoms with Gasteiger partial charge in [0, 0.05) is 7.11 Å². The number of ether oxygens (including phenoxy) is 2. The lowest BCUT2D eigenvalue weighted by atomic mass is 9.97. The topological polar surface area (TPSA) is 38.7 Å². The molecule has 0 radical (unpaired) electrons. The molecule has 1 N–H and O–H groups in total. The summed E-state index contributed by atoms with van der Waals surface area (Å²) >= 11 is 0. The van der Waals surface area contributed by atoms with Crippen molar-refractivity contribution in [2.45, 2.75) is 33.0 Å². The molecule has 0 aliphatic carbocycles. The Morgan fingerprint density at radius 2 is 1.75 bits per heavy atom. The molecule has 0 fully saturated rings. The molecule has 0 aliphatic heterocycles. The van der Waals surface area contributed by atoms with E-state index in [4.69, 9.17) is 9.47 Å². The summed E-state index contributed by atoms with van der Waals surface area (Å²) in [6, 6.07) is 3.89. The van der Waals surface area contributed by atoms with Gasteiger partial charge in [0.05, 0.1) is 13.2 Å². The standard InChI is InChI=1S/C13H20O3/c1-8-7-12(16-5)9(2)6-11(8)13(14)10(3)15-4/h6-7,10,13-14H,1-5H3. The van der Waals surface area contributed by atoms with Crippen molar-refractivity contribution in [1.82, 2.24) is 0 Å². The van der Waals surface area contributed by atoms with Gasteiger partial charge in [0.25, 0.3) is 0 Å². The minimum absolute atomic E-state index is 0.216. The number of methoxy groups -OCH3 is 2. The lowest BCUT2D eigenvalue weighted by Crippen LogP contribution is -2.18. The first-order valence-corrected chi connectivity index (χ1v) is 5.37. The Morgan fingerprint density at radius 1 is 1.12 bits per heavy atom. The van der Waals surface area contributed by atoms with Crippen molar-refractivity contribution in [3.63, 3.8) is 0 Å². The second kappa shape index (κ2) is 5.32. The van der Waals surface area contributed by atoms with Crippen molar-refractivity contribution in [1.29, 1.82) is 0 Å². The van der Waals surface area contributed by atoms with Crippen LogP contribution in [0.1, 0.15) is 29.7 Å². The van der Waals surface area contributed by atoms with Gasteiger partial charge in [-0.05, 0) is 49.6 Å². The molecule has 1 aromatic rings. The molecule has 2 unspecified atom stereocenters. The molecule has 0 aliphatic rings. The Balaban J connectivity index is 3.10. The largest absolute Gasteiger partial charge is 0.496 e. The zero-order valence-corrected chi connectivity index (χ0v) is 10.6. The van der Waals surface area contributed by atoms with E-state index in [1.54, 1.807) is 14.2 Å². The Bertz CT molecular complexity index is 360. The van der Waals surface area contributed by atoms with Crippen LogP contribution in [-0.4, -0.2) is 25.4 Å². The summed E-state index contributed by atoms with van der Waals surface area (Å²) in [6.45, 7) is 5.78.